The smallest absolute Gasteiger partial charge is 0.310 e. The highest BCUT2D eigenvalue weighted by Crippen LogP contribution is 2.30. The number of alkyl halides is 3. The Bertz CT molecular complexity index is 608. The van der Waals surface area contributed by atoms with E-state index in [1.165, 1.54) is 0 Å². The molecule has 2 N–H and O–H groups in total. The molecule has 1 fully saturated rings. The van der Waals surface area contributed by atoms with E-state index in [1.54, 1.807) is 0 Å². The van der Waals surface area contributed by atoms with Gasteiger partial charge >= 0.3 is 6.18 Å². The highest BCUT2D eigenvalue weighted by Gasteiger charge is 2.33. The predicted octanol–water partition coefficient (Wildman–Crippen LogP) is 2.13. The zero-order chi connectivity index (χ0) is 15.7. The number of rotatable bonds is 4. The molecule has 118 valence electrons. The standard InChI is InChI=1S/C13H17F3N2O2S/c1-12(6-3-7-17-12)9-18-21(19,20)11-5-2-4-10(8-11)13(14,15)16/h2,4-5,8,17-18H,3,6-7,9H2,1H3. The maximum atomic E-state index is 12.6. The molecule has 1 aliphatic rings. The van der Waals surface area contributed by atoms with Crippen LogP contribution in [0.25, 0.3) is 0 Å². The lowest BCUT2D eigenvalue weighted by atomic mass is 10.0. The summed E-state index contributed by atoms with van der Waals surface area (Å²) in [6, 6.07) is 3.74. The van der Waals surface area contributed by atoms with E-state index < -0.39 is 21.8 Å². The van der Waals surface area contributed by atoms with Crippen LogP contribution in [-0.4, -0.2) is 27.0 Å². The molecule has 1 aliphatic heterocycles. The van der Waals surface area contributed by atoms with E-state index in [4.69, 9.17) is 0 Å². The second-order valence-electron chi connectivity index (χ2n) is 5.44. The van der Waals surface area contributed by atoms with Crippen LogP contribution in [0.3, 0.4) is 0 Å². The van der Waals surface area contributed by atoms with Gasteiger partial charge in [0.2, 0.25) is 10.0 Å². The summed E-state index contributed by atoms with van der Waals surface area (Å²) in [4.78, 5) is -0.376. The summed E-state index contributed by atoms with van der Waals surface area (Å²) in [5.41, 5.74) is -1.33. The zero-order valence-electron chi connectivity index (χ0n) is 11.5. The molecule has 1 heterocycles. The fourth-order valence-electron chi connectivity index (χ4n) is 2.29. The SMILES string of the molecule is CC1(CNS(=O)(=O)c2cccc(C(F)(F)F)c2)CCCN1. The van der Waals surface area contributed by atoms with Crippen molar-refractivity contribution in [1.29, 1.82) is 0 Å². The average Bonchev–Trinajstić information content (AvgIpc) is 2.84. The topological polar surface area (TPSA) is 58.2 Å². The molecule has 1 aromatic carbocycles. The van der Waals surface area contributed by atoms with E-state index in [9.17, 15) is 21.6 Å². The fraction of sp³-hybridized carbons (Fsp3) is 0.538. The Morgan fingerprint density at radius 1 is 1.38 bits per heavy atom. The summed E-state index contributed by atoms with van der Waals surface area (Å²) >= 11 is 0. The van der Waals surface area contributed by atoms with Crippen molar-refractivity contribution in [3.05, 3.63) is 29.8 Å². The van der Waals surface area contributed by atoms with E-state index in [0.717, 1.165) is 37.6 Å². The molecule has 1 unspecified atom stereocenters. The maximum absolute atomic E-state index is 12.6. The average molecular weight is 322 g/mol. The van der Waals surface area contributed by atoms with E-state index in [0.29, 0.717) is 6.07 Å². The van der Waals surface area contributed by atoms with Gasteiger partial charge in [-0.05, 0) is 44.5 Å². The normalized spacial score (nSPS) is 23.4. The van der Waals surface area contributed by atoms with Crippen molar-refractivity contribution in [1.82, 2.24) is 10.0 Å². The van der Waals surface area contributed by atoms with Gasteiger partial charge in [-0.15, -0.1) is 0 Å². The van der Waals surface area contributed by atoms with Gasteiger partial charge in [-0.3, -0.25) is 0 Å². The number of sulfonamides is 1. The molecular formula is C13H17F3N2O2S. The molecule has 21 heavy (non-hydrogen) atoms. The minimum absolute atomic E-state index is 0.144. The number of nitrogens with one attached hydrogen (secondary N) is 2. The third-order valence-electron chi connectivity index (χ3n) is 3.58. The minimum Gasteiger partial charge on any atom is -0.310 e. The van der Waals surface area contributed by atoms with Crippen LogP contribution < -0.4 is 10.0 Å². The Hall–Kier alpha value is -1.12. The molecular weight excluding hydrogens is 305 g/mol. The lowest BCUT2D eigenvalue weighted by molar-refractivity contribution is -0.137. The Morgan fingerprint density at radius 3 is 2.67 bits per heavy atom. The van der Waals surface area contributed by atoms with Gasteiger partial charge in [-0.1, -0.05) is 6.07 Å². The molecule has 0 aliphatic carbocycles. The van der Waals surface area contributed by atoms with Crippen LogP contribution in [0, 0.1) is 0 Å². The molecule has 0 radical (unpaired) electrons. The highest BCUT2D eigenvalue weighted by atomic mass is 32.2. The largest absolute Gasteiger partial charge is 0.416 e. The van der Waals surface area contributed by atoms with Crippen molar-refractivity contribution >= 4 is 10.0 Å². The first-order chi connectivity index (χ1) is 9.62. The van der Waals surface area contributed by atoms with Crippen molar-refractivity contribution in [2.45, 2.75) is 36.4 Å². The molecule has 8 heteroatoms. The molecule has 0 spiro atoms. The summed E-state index contributed by atoms with van der Waals surface area (Å²) in [5.74, 6) is 0. The molecule has 1 atom stereocenters. The summed E-state index contributed by atoms with van der Waals surface area (Å²) in [5, 5.41) is 3.19. The Balaban J connectivity index is 2.16. The first-order valence-corrected chi connectivity index (χ1v) is 8.03. The summed E-state index contributed by atoms with van der Waals surface area (Å²) in [6.45, 7) is 2.84. The van der Waals surface area contributed by atoms with E-state index in [1.807, 2.05) is 6.92 Å². The summed E-state index contributed by atoms with van der Waals surface area (Å²) in [6.07, 6.45) is -2.80. The fourth-order valence-corrected chi connectivity index (χ4v) is 3.50. The van der Waals surface area contributed by atoms with E-state index >= 15 is 0 Å². The number of halogens is 3. The summed E-state index contributed by atoms with van der Waals surface area (Å²) < 4.78 is 64.5. The van der Waals surface area contributed by atoms with Gasteiger partial charge in [-0.25, -0.2) is 13.1 Å². The van der Waals surface area contributed by atoms with Gasteiger partial charge in [0.25, 0.3) is 0 Å². The Kier molecular flexibility index (Phi) is 4.32. The number of benzene rings is 1. The van der Waals surface area contributed by atoms with Crippen molar-refractivity contribution < 1.29 is 21.6 Å². The van der Waals surface area contributed by atoms with Crippen molar-refractivity contribution in [2.24, 2.45) is 0 Å². The molecule has 2 rings (SSSR count). The highest BCUT2D eigenvalue weighted by molar-refractivity contribution is 7.89. The minimum atomic E-state index is -4.56. The van der Waals surface area contributed by atoms with Crippen molar-refractivity contribution in [3.63, 3.8) is 0 Å². The van der Waals surface area contributed by atoms with Gasteiger partial charge in [0, 0.05) is 12.1 Å². The third kappa shape index (κ3) is 3.96. The summed E-state index contributed by atoms with van der Waals surface area (Å²) in [7, 11) is -3.96. The van der Waals surface area contributed by atoms with Gasteiger partial charge < -0.3 is 5.32 Å². The first kappa shape index (κ1) is 16.3. The van der Waals surface area contributed by atoms with E-state index in [2.05, 4.69) is 10.0 Å². The van der Waals surface area contributed by atoms with Crippen molar-refractivity contribution in [3.8, 4) is 0 Å². The second-order valence-corrected chi connectivity index (χ2v) is 7.21. The molecule has 0 saturated carbocycles. The quantitative estimate of drug-likeness (QED) is 0.893. The molecule has 0 amide bonds. The van der Waals surface area contributed by atoms with Gasteiger partial charge in [0.15, 0.2) is 0 Å². The Labute approximate surface area is 121 Å². The van der Waals surface area contributed by atoms with Crippen LogP contribution in [0.5, 0.6) is 0 Å². The zero-order valence-corrected chi connectivity index (χ0v) is 12.3. The molecule has 0 bridgehead atoms. The Morgan fingerprint density at radius 2 is 2.10 bits per heavy atom. The maximum Gasteiger partial charge on any atom is 0.416 e. The van der Waals surface area contributed by atoms with Crippen LogP contribution in [0.1, 0.15) is 25.3 Å². The van der Waals surface area contributed by atoms with E-state index in [-0.39, 0.29) is 17.0 Å². The lowest BCUT2D eigenvalue weighted by Crippen LogP contribution is -2.47. The molecule has 1 saturated heterocycles. The van der Waals surface area contributed by atoms with Crippen LogP contribution in [-0.2, 0) is 16.2 Å². The van der Waals surface area contributed by atoms with Gasteiger partial charge in [0.05, 0.1) is 10.5 Å². The lowest BCUT2D eigenvalue weighted by Gasteiger charge is -2.24. The van der Waals surface area contributed by atoms with Crippen LogP contribution >= 0.6 is 0 Å². The third-order valence-corrected chi connectivity index (χ3v) is 4.98. The molecule has 1 aromatic rings. The molecule has 4 nitrogen and oxygen atoms in total. The monoisotopic (exact) mass is 322 g/mol. The van der Waals surface area contributed by atoms with Crippen LogP contribution in [0.15, 0.2) is 29.2 Å². The first-order valence-electron chi connectivity index (χ1n) is 6.54. The molecule has 0 aromatic heterocycles. The second kappa shape index (κ2) is 5.58. The van der Waals surface area contributed by atoms with Gasteiger partial charge in [-0.2, -0.15) is 13.2 Å². The van der Waals surface area contributed by atoms with Crippen LogP contribution in [0.4, 0.5) is 13.2 Å². The van der Waals surface area contributed by atoms with Crippen LogP contribution in [0.2, 0.25) is 0 Å². The predicted molar refractivity (Wildman–Crippen MR) is 72.3 cm³/mol. The number of hydrogen-bond donors (Lipinski definition) is 2. The van der Waals surface area contributed by atoms with Crippen molar-refractivity contribution in [2.75, 3.05) is 13.1 Å². The van der Waals surface area contributed by atoms with Gasteiger partial charge in [0.1, 0.15) is 0 Å². The number of hydrogen-bond acceptors (Lipinski definition) is 3.